The topological polar surface area (TPSA) is 117 Å². The number of benzene rings is 2. The van der Waals surface area contributed by atoms with Crippen LogP contribution < -0.4 is 5.32 Å². The summed E-state index contributed by atoms with van der Waals surface area (Å²) >= 11 is 6.17. The van der Waals surface area contributed by atoms with Gasteiger partial charge in [0.1, 0.15) is 5.69 Å². The largest absolute Gasteiger partial charge is 0.478 e. The number of carbonyl (C=O) groups is 3. The number of carbonyl (C=O) groups excluding carboxylic acids is 2. The molecule has 1 aliphatic heterocycles. The zero-order valence-electron chi connectivity index (χ0n) is 19.6. The van der Waals surface area contributed by atoms with E-state index in [2.05, 4.69) is 15.6 Å². The molecule has 0 saturated heterocycles. The maximum atomic E-state index is 13.2. The van der Waals surface area contributed by atoms with Gasteiger partial charge in [0.25, 0.3) is 6.43 Å². The predicted molar refractivity (Wildman–Crippen MR) is 132 cm³/mol. The molecule has 12 heteroatoms. The first kappa shape index (κ1) is 26.1. The number of carboxylic acid groups (broad SMARTS) is 1. The second-order valence-electron chi connectivity index (χ2n) is 8.32. The van der Waals surface area contributed by atoms with Crippen LogP contribution in [0.5, 0.6) is 0 Å². The van der Waals surface area contributed by atoms with E-state index in [0.717, 1.165) is 6.20 Å². The Hall–Kier alpha value is -3.96. The van der Waals surface area contributed by atoms with Crippen LogP contribution in [0.1, 0.15) is 41.4 Å². The first-order valence-corrected chi connectivity index (χ1v) is 11.7. The minimum Gasteiger partial charge on any atom is -0.478 e. The summed E-state index contributed by atoms with van der Waals surface area (Å²) in [7, 11) is 0. The molecule has 3 aromatic rings. The van der Waals surface area contributed by atoms with Gasteiger partial charge in [-0.25, -0.2) is 18.3 Å². The summed E-state index contributed by atoms with van der Waals surface area (Å²) in [5, 5.41) is 19.4. The lowest BCUT2D eigenvalue weighted by molar-refractivity contribution is -0.123. The Morgan fingerprint density at radius 3 is 2.51 bits per heavy atom. The maximum Gasteiger partial charge on any atom is 0.335 e. The highest BCUT2D eigenvalue weighted by Gasteiger charge is 2.31. The molecule has 1 unspecified atom stereocenters. The summed E-state index contributed by atoms with van der Waals surface area (Å²) < 4.78 is 27.2. The van der Waals surface area contributed by atoms with Gasteiger partial charge >= 0.3 is 5.97 Å². The van der Waals surface area contributed by atoms with Crippen molar-refractivity contribution in [2.75, 3.05) is 18.4 Å². The third kappa shape index (κ3) is 5.73. The molecule has 192 valence electrons. The van der Waals surface area contributed by atoms with Crippen molar-refractivity contribution in [3.63, 3.8) is 0 Å². The van der Waals surface area contributed by atoms with E-state index in [4.69, 9.17) is 16.7 Å². The Morgan fingerprint density at radius 2 is 1.92 bits per heavy atom. The summed E-state index contributed by atoms with van der Waals surface area (Å²) in [5.74, 6) is -1.68. The van der Waals surface area contributed by atoms with Gasteiger partial charge in [0.15, 0.2) is 5.78 Å². The fraction of sp³-hybridized carbons (Fsp3) is 0.240. The summed E-state index contributed by atoms with van der Waals surface area (Å²) in [6, 6.07) is 9.84. The SMILES string of the molecule is CCC(C(=O)Nc1ccc(C(=O)O)cc1)N1CC=C(c2cc(Cl)ccc2-n2cc(C(F)F)nn2)C(=O)C1. The molecule has 4 rings (SSSR count). The molecule has 1 amide bonds. The zero-order chi connectivity index (χ0) is 26.7. The van der Waals surface area contributed by atoms with E-state index >= 15 is 0 Å². The van der Waals surface area contributed by atoms with Gasteiger partial charge < -0.3 is 10.4 Å². The molecular weight excluding hydrogens is 508 g/mol. The molecule has 0 radical (unpaired) electrons. The third-order valence-electron chi connectivity index (χ3n) is 5.94. The first-order chi connectivity index (χ1) is 17.7. The third-order valence-corrected chi connectivity index (χ3v) is 6.17. The molecular formula is C25H22ClF2N5O4. The Balaban J connectivity index is 1.55. The molecule has 2 heterocycles. The van der Waals surface area contributed by atoms with Crippen LogP contribution in [-0.4, -0.2) is 61.8 Å². The van der Waals surface area contributed by atoms with Crippen molar-refractivity contribution >= 4 is 40.5 Å². The molecule has 1 atom stereocenters. The van der Waals surface area contributed by atoms with Crippen LogP contribution in [0.3, 0.4) is 0 Å². The minimum absolute atomic E-state index is 0.0543. The number of ketones is 1. The molecule has 2 aromatic carbocycles. The molecule has 0 spiro atoms. The monoisotopic (exact) mass is 529 g/mol. The Morgan fingerprint density at radius 1 is 1.19 bits per heavy atom. The number of aromatic nitrogens is 3. The molecule has 0 saturated carbocycles. The highest BCUT2D eigenvalue weighted by molar-refractivity contribution is 6.31. The van der Waals surface area contributed by atoms with Crippen molar-refractivity contribution in [3.05, 3.63) is 76.6 Å². The number of alkyl halides is 2. The number of hydrogen-bond donors (Lipinski definition) is 2. The van der Waals surface area contributed by atoms with E-state index in [1.807, 2.05) is 6.92 Å². The zero-order valence-corrected chi connectivity index (χ0v) is 20.3. The van der Waals surface area contributed by atoms with E-state index in [1.54, 1.807) is 29.2 Å². The molecule has 9 nitrogen and oxygen atoms in total. The summed E-state index contributed by atoms with van der Waals surface area (Å²) in [6.07, 6.45) is 0.398. The molecule has 1 aliphatic rings. The molecule has 1 aromatic heterocycles. The summed E-state index contributed by atoms with van der Waals surface area (Å²) in [4.78, 5) is 38.9. The average molecular weight is 530 g/mol. The van der Waals surface area contributed by atoms with Crippen LogP contribution in [0.2, 0.25) is 5.02 Å². The van der Waals surface area contributed by atoms with Crippen molar-refractivity contribution in [1.29, 1.82) is 0 Å². The van der Waals surface area contributed by atoms with Crippen molar-refractivity contribution in [2.45, 2.75) is 25.8 Å². The van der Waals surface area contributed by atoms with Gasteiger partial charge in [-0.2, -0.15) is 0 Å². The van der Waals surface area contributed by atoms with E-state index in [0.29, 0.717) is 34.0 Å². The fourth-order valence-electron chi connectivity index (χ4n) is 4.10. The molecule has 37 heavy (non-hydrogen) atoms. The van der Waals surface area contributed by atoms with Crippen LogP contribution in [0.4, 0.5) is 14.5 Å². The maximum absolute atomic E-state index is 13.2. The number of hydrogen-bond acceptors (Lipinski definition) is 6. The highest BCUT2D eigenvalue weighted by Crippen LogP contribution is 2.30. The van der Waals surface area contributed by atoms with Gasteiger partial charge in [-0.1, -0.05) is 29.8 Å². The first-order valence-electron chi connectivity index (χ1n) is 11.3. The average Bonchev–Trinajstić information content (AvgIpc) is 3.35. The highest BCUT2D eigenvalue weighted by atomic mass is 35.5. The lowest BCUT2D eigenvalue weighted by Gasteiger charge is -2.32. The van der Waals surface area contributed by atoms with Crippen molar-refractivity contribution in [1.82, 2.24) is 19.9 Å². The Labute approximate surface area is 215 Å². The standard InChI is InChI=1S/C25H22ClF2N5O4/c1-2-20(24(35)29-16-6-3-14(4-7-16)25(36)37)32-10-9-17(22(34)13-32)18-11-15(26)5-8-21(18)33-12-19(23(27)28)30-31-33/h3-9,11-12,20,23H,2,10,13H2,1H3,(H,29,35)(H,36,37). The number of anilines is 1. The Bertz CT molecular complexity index is 1370. The fourth-order valence-corrected chi connectivity index (χ4v) is 4.28. The molecule has 2 N–H and O–H groups in total. The minimum atomic E-state index is -2.79. The van der Waals surface area contributed by atoms with E-state index < -0.39 is 24.1 Å². The van der Waals surface area contributed by atoms with Crippen LogP contribution in [0.25, 0.3) is 11.3 Å². The second kappa shape index (κ2) is 11.0. The van der Waals surface area contributed by atoms with Crippen molar-refractivity contribution in [2.24, 2.45) is 0 Å². The molecule has 0 aliphatic carbocycles. The van der Waals surface area contributed by atoms with Gasteiger partial charge in [-0.05, 0) is 48.9 Å². The van der Waals surface area contributed by atoms with Crippen LogP contribution in [-0.2, 0) is 9.59 Å². The number of halogens is 3. The van der Waals surface area contributed by atoms with Crippen molar-refractivity contribution in [3.8, 4) is 5.69 Å². The van der Waals surface area contributed by atoms with E-state index in [1.165, 1.54) is 28.9 Å². The summed E-state index contributed by atoms with van der Waals surface area (Å²) in [5.41, 5.74) is 1.16. The van der Waals surface area contributed by atoms with Crippen molar-refractivity contribution < 1.29 is 28.3 Å². The normalized spacial score (nSPS) is 14.9. The van der Waals surface area contributed by atoms with Gasteiger partial charge in [0.2, 0.25) is 5.91 Å². The van der Waals surface area contributed by atoms with Gasteiger partial charge in [0, 0.05) is 28.4 Å². The number of nitrogens with zero attached hydrogens (tertiary/aromatic N) is 4. The molecule has 0 bridgehead atoms. The van der Waals surface area contributed by atoms with Gasteiger partial charge in [-0.15, -0.1) is 5.10 Å². The lowest BCUT2D eigenvalue weighted by Crippen LogP contribution is -2.48. The lowest BCUT2D eigenvalue weighted by atomic mass is 9.95. The second-order valence-corrected chi connectivity index (χ2v) is 8.75. The number of Topliss-reactive ketones (excluding diaryl/α,β-unsaturated/α-hetero) is 1. The van der Waals surface area contributed by atoms with Gasteiger partial charge in [-0.3, -0.25) is 14.5 Å². The van der Waals surface area contributed by atoms with Crippen LogP contribution in [0.15, 0.2) is 54.7 Å². The number of rotatable bonds is 8. The summed E-state index contributed by atoms with van der Waals surface area (Å²) in [6.45, 7) is 2.04. The van der Waals surface area contributed by atoms with Crippen LogP contribution in [0, 0.1) is 0 Å². The number of aromatic carboxylic acids is 1. The number of amides is 1. The quantitative estimate of drug-likeness (QED) is 0.448. The number of nitrogens with one attached hydrogen (secondary N) is 1. The van der Waals surface area contributed by atoms with E-state index in [-0.39, 0.29) is 30.3 Å². The van der Waals surface area contributed by atoms with E-state index in [9.17, 15) is 23.2 Å². The van der Waals surface area contributed by atoms with Gasteiger partial charge in [0.05, 0.1) is 30.0 Å². The predicted octanol–water partition coefficient (Wildman–Crippen LogP) is 4.24. The Kier molecular flexibility index (Phi) is 7.74. The molecule has 0 fully saturated rings. The van der Waals surface area contributed by atoms with Crippen LogP contribution >= 0.6 is 11.6 Å². The number of carboxylic acids is 1. The smallest absolute Gasteiger partial charge is 0.335 e.